The summed E-state index contributed by atoms with van der Waals surface area (Å²) >= 11 is 5.87. The van der Waals surface area contributed by atoms with Crippen LogP contribution in [0.15, 0.2) is 36.8 Å². The van der Waals surface area contributed by atoms with E-state index in [0.717, 1.165) is 44.6 Å². The molecule has 2 heterocycles. The molecule has 1 aromatic carbocycles. The Morgan fingerprint density at radius 2 is 2.00 bits per heavy atom. The minimum atomic E-state index is 0.108. The summed E-state index contributed by atoms with van der Waals surface area (Å²) in [6.45, 7) is 3.12. The zero-order valence-electron chi connectivity index (χ0n) is 14.4. The fourth-order valence-electron chi connectivity index (χ4n) is 3.27. The first-order chi connectivity index (χ1) is 12.2. The number of unbranched alkanes of at least 4 members (excludes halogenated alkanes) is 1. The maximum absolute atomic E-state index is 12.4. The number of halogens is 1. The van der Waals surface area contributed by atoms with E-state index < -0.39 is 0 Å². The molecule has 5 nitrogen and oxygen atoms in total. The second-order valence-corrected chi connectivity index (χ2v) is 7.08. The van der Waals surface area contributed by atoms with Crippen molar-refractivity contribution in [3.05, 3.63) is 47.5 Å². The lowest BCUT2D eigenvalue weighted by molar-refractivity contribution is -0.121. The Kier molecular flexibility index (Phi) is 6.48. The molecule has 0 radical (unpaired) electrons. The van der Waals surface area contributed by atoms with Crippen molar-refractivity contribution < 1.29 is 4.79 Å². The monoisotopic (exact) mass is 360 g/mol. The van der Waals surface area contributed by atoms with Gasteiger partial charge in [0.25, 0.3) is 0 Å². The second kappa shape index (κ2) is 9.02. The van der Waals surface area contributed by atoms with Crippen molar-refractivity contribution in [1.29, 1.82) is 0 Å². The van der Waals surface area contributed by atoms with Gasteiger partial charge in [-0.1, -0.05) is 11.6 Å². The van der Waals surface area contributed by atoms with Crippen LogP contribution < -0.4 is 5.32 Å². The molecule has 1 aromatic heterocycles. The first kappa shape index (κ1) is 18.0. The summed E-state index contributed by atoms with van der Waals surface area (Å²) in [5, 5.41) is 3.68. The van der Waals surface area contributed by atoms with Gasteiger partial charge in [-0.15, -0.1) is 0 Å². The number of anilines is 1. The molecule has 1 fully saturated rings. The van der Waals surface area contributed by atoms with Gasteiger partial charge in [0.1, 0.15) is 0 Å². The van der Waals surface area contributed by atoms with Gasteiger partial charge in [-0.05, 0) is 76.0 Å². The molecule has 1 saturated heterocycles. The fraction of sp³-hybridized carbons (Fsp3) is 0.474. The molecule has 3 rings (SSSR count). The van der Waals surface area contributed by atoms with E-state index in [0.29, 0.717) is 5.02 Å². The van der Waals surface area contributed by atoms with E-state index in [2.05, 4.69) is 20.2 Å². The normalized spacial score (nSPS) is 16.0. The molecular formula is C19H25ClN4O. The summed E-state index contributed by atoms with van der Waals surface area (Å²) in [5.41, 5.74) is 2.02. The quantitative estimate of drug-likeness (QED) is 0.739. The van der Waals surface area contributed by atoms with Crippen LogP contribution in [-0.4, -0.2) is 40.4 Å². The number of aryl methyl sites for hydroxylation is 1. The molecule has 134 valence electrons. The number of nitrogens with one attached hydrogen (secondary N) is 2. The van der Waals surface area contributed by atoms with Crippen LogP contribution in [0.2, 0.25) is 5.02 Å². The average Bonchev–Trinajstić information content (AvgIpc) is 3.15. The van der Waals surface area contributed by atoms with E-state index in [1.165, 1.54) is 18.5 Å². The zero-order chi connectivity index (χ0) is 17.5. The first-order valence-electron chi connectivity index (χ1n) is 8.97. The van der Waals surface area contributed by atoms with Crippen molar-refractivity contribution in [3.8, 4) is 0 Å². The number of carbonyl (C=O) groups excluding carboxylic acids is 1. The van der Waals surface area contributed by atoms with E-state index in [-0.39, 0.29) is 11.8 Å². The fourth-order valence-corrected chi connectivity index (χ4v) is 3.39. The van der Waals surface area contributed by atoms with Gasteiger partial charge in [-0.25, -0.2) is 4.98 Å². The number of aromatic amines is 1. The van der Waals surface area contributed by atoms with Crippen LogP contribution in [0.4, 0.5) is 5.69 Å². The predicted molar refractivity (Wildman–Crippen MR) is 101 cm³/mol. The molecule has 1 aliphatic rings. The molecule has 0 aliphatic carbocycles. The number of H-pyrrole nitrogens is 1. The smallest absolute Gasteiger partial charge is 0.227 e. The van der Waals surface area contributed by atoms with Gasteiger partial charge in [0, 0.05) is 28.5 Å². The molecule has 0 atom stereocenters. The Morgan fingerprint density at radius 1 is 1.24 bits per heavy atom. The van der Waals surface area contributed by atoms with Gasteiger partial charge in [0.15, 0.2) is 0 Å². The van der Waals surface area contributed by atoms with Gasteiger partial charge in [-0.3, -0.25) is 4.79 Å². The van der Waals surface area contributed by atoms with Gasteiger partial charge >= 0.3 is 0 Å². The van der Waals surface area contributed by atoms with Gasteiger partial charge in [0.2, 0.25) is 5.91 Å². The molecule has 6 heteroatoms. The highest BCUT2D eigenvalue weighted by Gasteiger charge is 2.24. The van der Waals surface area contributed by atoms with Crippen molar-refractivity contribution in [2.75, 3.05) is 25.0 Å². The molecule has 0 unspecified atom stereocenters. The van der Waals surface area contributed by atoms with Crippen LogP contribution in [0.25, 0.3) is 0 Å². The standard InChI is InChI=1S/C19H25ClN4O/c20-16-4-6-17(7-5-16)23-19(25)15-8-11-24(12-9-15)10-2-1-3-18-13-21-14-22-18/h4-7,13-15H,1-3,8-12H2,(H,21,22)(H,23,25). The van der Waals surface area contributed by atoms with E-state index in [9.17, 15) is 4.79 Å². The first-order valence-corrected chi connectivity index (χ1v) is 9.34. The van der Waals surface area contributed by atoms with Crippen LogP contribution in [0.5, 0.6) is 0 Å². The second-order valence-electron chi connectivity index (χ2n) is 6.65. The maximum atomic E-state index is 12.4. The topological polar surface area (TPSA) is 61.0 Å². The van der Waals surface area contributed by atoms with Gasteiger partial charge < -0.3 is 15.2 Å². The number of benzene rings is 1. The van der Waals surface area contributed by atoms with Crippen molar-refractivity contribution in [3.63, 3.8) is 0 Å². The molecule has 1 amide bonds. The lowest BCUT2D eigenvalue weighted by Gasteiger charge is -2.31. The third-order valence-electron chi connectivity index (χ3n) is 4.80. The Labute approximate surface area is 153 Å². The SMILES string of the molecule is O=C(Nc1ccc(Cl)cc1)C1CCN(CCCCc2cnc[nH]2)CC1. The van der Waals surface area contributed by atoms with E-state index in [4.69, 9.17) is 11.6 Å². The van der Waals surface area contributed by atoms with Gasteiger partial charge in [-0.2, -0.15) is 0 Å². The number of nitrogens with zero attached hydrogens (tertiary/aromatic N) is 2. The number of piperidine rings is 1. The lowest BCUT2D eigenvalue weighted by atomic mass is 9.95. The Hall–Kier alpha value is -1.85. The summed E-state index contributed by atoms with van der Waals surface area (Å²) in [6.07, 6.45) is 8.89. The molecular weight excluding hydrogens is 336 g/mol. The number of aromatic nitrogens is 2. The molecule has 2 N–H and O–H groups in total. The Morgan fingerprint density at radius 3 is 2.68 bits per heavy atom. The van der Waals surface area contributed by atoms with Crippen LogP contribution in [0.1, 0.15) is 31.4 Å². The van der Waals surface area contributed by atoms with E-state index in [1.54, 1.807) is 18.5 Å². The molecule has 25 heavy (non-hydrogen) atoms. The third-order valence-corrected chi connectivity index (χ3v) is 5.05. The third kappa shape index (κ3) is 5.58. The number of rotatable bonds is 7. The number of amides is 1. The predicted octanol–water partition coefficient (Wildman–Crippen LogP) is 3.74. The zero-order valence-corrected chi connectivity index (χ0v) is 15.1. The Balaban J connectivity index is 1.33. The largest absolute Gasteiger partial charge is 0.348 e. The number of imidazole rings is 1. The molecule has 1 aliphatic heterocycles. The molecule has 0 spiro atoms. The number of carbonyl (C=O) groups is 1. The maximum Gasteiger partial charge on any atom is 0.227 e. The van der Waals surface area contributed by atoms with Crippen molar-refractivity contribution in [1.82, 2.24) is 14.9 Å². The highest BCUT2D eigenvalue weighted by Crippen LogP contribution is 2.21. The van der Waals surface area contributed by atoms with E-state index >= 15 is 0 Å². The summed E-state index contributed by atoms with van der Waals surface area (Å²) in [5.74, 6) is 0.234. The van der Waals surface area contributed by atoms with Crippen molar-refractivity contribution in [2.24, 2.45) is 5.92 Å². The lowest BCUT2D eigenvalue weighted by Crippen LogP contribution is -2.38. The summed E-state index contributed by atoms with van der Waals surface area (Å²) in [6, 6.07) is 7.27. The minimum absolute atomic E-state index is 0.108. The van der Waals surface area contributed by atoms with Crippen molar-refractivity contribution >= 4 is 23.2 Å². The summed E-state index contributed by atoms with van der Waals surface area (Å²) in [4.78, 5) is 22.0. The summed E-state index contributed by atoms with van der Waals surface area (Å²) in [7, 11) is 0. The number of hydrogen-bond donors (Lipinski definition) is 2. The average molecular weight is 361 g/mol. The van der Waals surface area contributed by atoms with Crippen LogP contribution in [-0.2, 0) is 11.2 Å². The number of hydrogen-bond acceptors (Lipinski definition) is 3. The molecule has 0 saturated carbocycles. The van der Waals surface area contributed by atoms with Crippen LogP contribution in [0, 0.1) is 5.92 Å². The van der Waals surface area contributed by atoms with E-state index in [1.807, 2.05) is 18.3 Å². The molecule has 0 bridgehead atoms. The Bertz CT molecular complexity index is 649. The van der Waals surface area contributed by atoms with Gasteiger partial charge in [0.05, 0.1) is 6.33 Å². The number of likely N-dealkylation sites (tertiary alicyclic amines) is 1. The minimum Gasteiger partial charge on any atom is -0.348 e. The highest BCUT2D eigenvalue weighted by molar-refractivity contribution is 6.30. The summed E-state index contributed by atoms with van der Waals surface area (Å²) < 4.78 is 0. The molecule has 2 aromatic rings. The van der Waals surface area contributed by atoms with Crippen LogP contribution in [0.3, 0.4) is 0 Å². The van der Waals surface area contributed by atoms with Crippen LogP contribution >= 0.6 is 11.6 Å². The van der Waals surface area contributed by atoms with Crippen molar-refractivity contribution in [2.45, 2.75) is 32.1 Å². The highest BCUT2D eigenvalue weighted by atomic mass is 35.5.